The molecule has 8 heavy (non-hydrogen) atoms. The first-order chi connectivity index (χ1) is 2.91. The normalized spacial score (nSPS) is 5.00. The second-order valence-electron chi connectivity index (χ2n) is 0.252. The van der Waals surface area contributed by atoms with E-state index >= 15 is 0 Å². The standard InChI is InChI=1S/C2H2Cl2.C2H2.2ClH/c3-1-2-4;1-2;;/h1-2H;1-2H;2*1H. The fraction of sp³-hybridized carbons (Fsp3) is 0. The van der Waals surface area contributed by atoms with Crippen molar-refractivity contribution in [3.8, 4) is 12.8 Å². The molecule has 0 rings (SSSR count). The highest BCUT2D eigenvalue weighted by molar-refractivity contribution is 6.33. The van der Waals surface area contributed by atoms with Gasteiger partial charge in [0.25, 0.3) is 0 Å². The molecule has 0 spiro atoms. The van der Waals surface area contributed by atoms with Gasteiger partial charge in [0, 0.05) is 11.1 Å². The third kappa shape index (κ3) is 90.3. The summed E-state index contributed by atoms with van der Waals surface area (Å²) in [6.07, 6.45) is 8.00. The zero-order chi connectivity index (χ0) is 5.41. The summed E-state index contributed by atoms with van der Waals surface area (Å²) in [5, 5.41) is 0. The molecule has 0 nitrogen and oxygen atoms in total. The Bertz CT molecular complexity index is 43.2. The average Bonchev–Trinajstić information content (AvgIpc) is 1.72. The monoisotopic (exact) mass is 194 g/mol. The van der Waals surface area contributed by atoms with Crippen molar-refractivity contribution in [3.05, 3.63) is 11.1 Å². The van der Waals surface area contributed by atoms with Crippen molar-refractivity contribution >= 4 is 48.0 Å². The van der Waals surface area contributed by atoms with Crippen LogP contribution in [0.3, 0.4) is 0 Å². The summed E-state index contributed by atoms with van der Waals surface area (Å²) >= 11 is 9.75. The molecule has 0 aromatic heterocycles. The van der Waals surface area contributed by atoms with Crippen LogP contribution in [-0.2, 0) is 0 Å². The predicted octanol–water partition coefficient (Wildman–Crippen LogP) is 3.03. The van der Waals surface area contributed by atoms with Gasteiger partial charge in [0.1, 0.15) is 0 Å². The summed E-state index contributed by atoms with van der Waals surface area (Å²) in [6, 6.07) is 0. The van der Waals surface area contributed by atoms with Crippen molar-refractivity contribution in [1.29, 1.82) is 0 Å². The van der Waals surface area contributed by atoms with Crippen LogP contribution in [0.5, 0.6) is 0 Å². The van der Waals surface area contributed by atoms with Gasteiger partial charge in [0.2, 0.25) is 0 Å². The molecule has 0 atom stereocenters. The number of terminal acetylenes is 1. The molecule has 0 aliphatic rings. The van der Waals surface area contributed by atoms with Gasteiger partial charge in [-0.1, -0.05) is 23.2 Å². The fourth-order valence-electron chi connectivity index (χ4n) is 0. The number of rotatable bonds is 0. The minimum Gasteiger partial charge on any atom is -0.147 e. The van der Waals surface area contributed by atoms with Gasteiger partial charge in [-0.25, -0.2) is 0 Å². The zero-order valence-electron chi connectivity index (χ0n) is 3.88. The van der Waals surface area contributed by atoms with E-state index in [4.69, 9.17) is 23.2 Å². The Balaban J connectivity index is -0.0000000183. The van der Waals surface area contributed by atoms with Gasteiger partial charge in [0.05, 0.1) is 0 Å². The lowest BCUT2D eigenvalue weighted by atomic mass is 11.3. The molecule has 0 heterocycles. The molecular weight excluding hydrogens is 190 g/mol. The Morgan fingerprint density at radius 2 is 1.00 bits per heavy atom. The van der Waals surface area contributed by atoms with Crippen molar-refractivity contribution in [2.24, 2.45) is 0 Å². The number of hydrogen-bond donors (Lipinski definition) is 0. The zero-order valence-corrected chi connectivity index (χ0v) is 7.03. The summed E-state index contributed by atoms with van der Waals surface area (Å²) in [7, 11) is 0. The van der Waals surface area contributed by atoms with Gasteiger partial charge in [-0.05, 0) is 0 Å². The molecule has 4 heteroatoms. The molecule has 0 N–H and O–H groups in total. The summed E-state index contributed by atoms with van der Waals surface area (Å²) in [4.78, 5) is 0. The molecule has 0 saturated heterocycles. The van der Waals surface area contributed by atoms with Crippen LogP contribution in [0.1, 0.15) is 0 Å². The summed E-state index contributed by atoms with van der Waals surface area (Å²) in [5.74, 6) is 0. The molecular formula is C4H6Cl4. The topological polar surface area (TPSA) is 0 Å². The van der Waals surface area contributed by atoms with Crippen molar-refractivity contribution < 1.29 is 0 Å². The van der Waals surface area contributed by atoms with Crippen LogP contribution in [-0.4, -0.2) is 0 Å². The maximum atomic E-state index is 4.87. The lowest BCUT2D eigenvalue weighted by Crippen LogP contribution is -1.11. The van der Waals surface area contributed by atoms with E-state index in [0.717, 1.165) is 0 Å². The maximum absolute atomic E-state index is 4.87. The van der Waals surface area contributed by atoms with Gasteiger partial charge in [-0.3, -0.25) is 0 Å². The molecule has 0 bridgehead atoms. The Morgan fingerprint density at radius 3 is 1.00 bits per heavy atom. The van der Waals surface area contributed by atoms with E-state index in [1.165, 1.54) is 11.1 Å². The molecule has 0 aliphatic carbocycles. The van der Waals surface area contributed by atoms with Crippen molar-refractivity contribution in [3.63, 3.8) is 0 Å². The van der Waals surface area contributed by atoms with E-state index in [0.29, 0.717) is 0 Å². The highest BCUT2D eigenvalue weighted by atomic mass is 35.5. The number of halogens is 4. The smallest absolute Gasteiger partial charge is 0.0156 e. The minimum atomic E-state index is 0. The lowest BCUT2D eigenvalue weighted by Gasteiger charge is -1.44. The van der Waals surface area contributed by atoms with Gasteiger partial charge in [0.15, 0.2) is 0 Å². The average molecular weight is 196 g/mol. The largest absolute Gasteiger partial charge is 0.147 e. The van der Waals surface area contributed by atoms with Crippen LogP contribution in [0, 0.1) is 12.8 Å². The van der Waals surface area contributed by atoms with Crippen molar-refractivity contribution in [1.82, 2.24) is 0 Å². The van der Waals surface area contributed by atoms with E-state index in [9.17, 15) is 0 Å². The second kappa shape index (κ2) is 51.4. The first-order valence-electron chi connectivity index (χ1n) is 1.10. The van der Waals surface area contributed by atoms with Crippen LogP contribution in [0.25, 0.3) is 0 Å². The molecule has 0 fully saturated rings. The third-order valence-corrected chi connectivity index (χ3v) is 0.429. The Kier molecular flexibility index (Phi) is 152. The second-order valence-corrected chi connectivity index (χ2v) is 0.756. The highest BCUT2D eigenvalue weighted by Crippen LogP contribution is 1.78. The van der Waals surface area contributed by atoms with Crippen LogP contribution in [0.2, 0.25) is 0 Å². The Hall–Kier alpha value is 0.460. The summed E-state index contributed by atoms with van der Waals surface area (Å²) in [6.45, 7) is 0. The molecule has 50 valence electrons. The number of hydrogen-bond acceptors (Lipinski definition) is 0. The first-order valence-corrected chi connectivity index (χ1v) is 1.98. The van der Waals surface area contributed by atoms with Crippen molar-refractivity contribution in [2.75, 3.05) is 0 Å². The minimum absolute atomic E-state index is 0. The lowest BCUT2D eigenvalue weighted by molar-refractivity contribution is 2.51. The van der Waals surface area contributed by atoms with Gasteiger partial charge in [-0.15, -0.1) is 37.7 Å². The summed E-state index contributed by atoms with van der Waals surface area (Å²) < 4.78 is 0. The quantitative estimate of drug-likeness (QED) is 0.522. The molecule has 0 aliphatic heterocycles. The van der Waals surface area contributed by atoms with Crippen molar-refractivity contribution in [2.45, 2.75) is 0 Å². The maximum Gasteiger partial charge on any atom is 0.0156 e. The summed E-state index contributed by atoms with van der Waals surface area (Å²) in [5.41, 5.74) is 2.48. The molecule has 0 unspecified atom stereocenters. The van der Waals surface area contributed by atoms with Gasteiger partial charge >= 0.3 is 0 Å². The van der Waals surface area contributed by atoms with Gasteiger partial charge < -0.3 is 0 Å². The molecule has 0 aromatic carbocycles. The van der Waals surface area contributed by atoms with Gasteiger partial charge in [-0.2, -0.15) is 0 Å². The Labute approximate surface area is 72.1 Å². The Morgan fingerprint density at radius 1 is 0.875 bits per heavy atom. The van der Waals surface area contributed by atoms with Crippen LogP contribution < -0.4 is 0 Å². The molecule has 0 amide bonds. The SMILES string of the molecule is C#C.Cl.Cl.ClC=CCl. The van der Waals surface area contributed by atoms with E-state index < -0.39 is 0 Å². The van der Waals surface area contributed by atoms with E-state index in [2.05, 4.69) is 12.8 Å². The van der Waals surface area contributed by atoms with Crippen LogP contribution in [0.15, 0.2) is 11.1 Å². The predicted molar refractivity (Wildman–Crippen MR) is 45.2 cm³/mol. The third-order valence-electron chi connectivity index (χ3n) is 0.0476. The van der Waals surface area contributed by atoms with E-state index in [1.807, 2.05) is 0 Å². The van der Waals surface area contributed by atoms with E-state index in [-0.39, 0.29) is 24.8 Å². The fourth-order valence-corrected chi connectivity index (χ4v) is 0. The van der Waals surface area contributed by atoms with Crippen LogP contribution >= 0.6 is 48.0 Å². The first kappa shape index (κ1) is 23.7. The molecule has 0 radical (unpaired) electrons. The van der Waals surface area contributed by atoms with E-state index in [1.54, 1.807) is 0 Å². The van der Waals surface area contributed by atoms with Crippen LogP contribution in [0.4, 0.5) is 0 Å². The highest BCUT2D eigenvalue weighted by Gasteiger charge is 1.40. The molecule has 0 saturated carbocycles. The molecule has 0 aromatic rings.